The maximum atomic E-state index is 5.84. The average Bonchev–Trinajstić information content (AvgIpc) is 2.31. The van der Waals surface area contributed by atoms with Crippen LogP contribution < -0.4 is 5.32 Å². The molecule has 0 aliphatic heterocycles. The highest BCUT2D eigenvalue weighted by atomic mass is 35.5. The van der Waals surface area contributed by atoms with Crippen LogP contribution in [-0.4, -0.2) is 17.0 Å². The van der Waals surface area contributed by atoms with Gasteiger partial charge in [-0.15, -0.1) is 0 Å². The topological polar surface area (TPSA) is 37.8 Å². The van der Waals surface area contributed by atoms with E-state index in [4.69, 9.17) is 11.6 Å². The third-order valence-corrected chi connectivity index (χ3v) is 2.43. The van der Waals surface area contributed by atoms with Crippen LogP contribution >= 0.6 is 11.6 Å². The van der Waals surface area contributed by atoms with Gasteiger partial charge in [0.1, 0.15) is 5.82 Å². The SMILES string of the molecule is CNCc1nccc(-c2ccc(Cl)cc2)n1. The first-order valence-corrected chi connectivity index (χ1v) is 5.40. The summed E-state index contributed by atoms with van der Waals surface area (Å²) in [5.41, 5.74) is 1.96. The second-order valence-corrected chi connectivity index (χ2v) is 3.83. The number of aromatic nitrogens is 2. The Labute approximate surface area is 99.5 Å². The van der Waals surface area contributed by atoms with Crippen LogP contribution in [0, 0.1) is 0 Å². The first kappa shape index (κ1) is 11.0. The summed E-state index contributed by atoms with van der Waals surface area (Å²) in [6.45, 7) is 0.668. The number of hydrogen-bond donors (Lipinski definition) is 1. The van der Waals surface area contributed by atoms with E-state index in [0.717, 1.165) is 22.1 Å². The van der Waals surface area contributed by atoms with E-state index in [2.05, 4.69) is 15.3 Å². The molecule has 1 heterocycles. The highest BCUT2D eigenvalue weighted by molar-refractivity contribution is 6.30. The molecule has 0 aliphatic carbocycles. The molecule has 2 aromatic rings. The fourth-order valence-electron chi connectivity index (χ4n) is 1.42. The molecule has 0 radical (unpaired) electrons. The van der Waals surface area contributed by atoms with Gasteiger partial charge < -0.3 is 5.32 Å². The van der Waals surface area contributed by atoms with Gasteiger partial charge in [-0.1, -0.05) is 23.7 Å². The van der Waals surface area contributed by atoms with E-state index < -0.39 is 0 Å². The van der Waals surface area contributed by atoms with Gasteiger partial charge in [-0.2, -0.15) is 0 Å². The second-order valence-electron chi connectivity index (χ2n) is 3.40. The lowest BCUT2D eigenvalue weighted by Gasteiger charge is -2.03. The van der Waals surface area contributed by atoms with Crippen LogP contribution in [0.3, 0.4) is 0 Å². The lowest BCUT2D eigenvalue weighted by atomic mass is 10.1. The number of nitrogens with zero attached hydrogens (tertiary/aromatic N) is 2. The van der Waals surface area contributed by atoms with Crippen molar-refractivity contribution in [2.24, 2.45) is 0 Å². The number of nitrogens with one attached hydrogen (secondary N) is 1. The Morgan fingerprint density at radius 1 is 1.19 bits per heavy atom. The highest BCUT2D eigenvalue weighted by Gasteiger charge is 2.01. The minimum Gasteiger partial charge on any atom is -0.313 e. The van der Waals surface area contributed by atoms with Gasteiger partial charge in [-0.3, -0.25) is 0 Å². The van der Waals surface area contributed by atoms with Crippen LogP contribution in [0.5, 0.6) is 0 Å². The van der Waals surface area contributed by atoms with Crippen LogP contribution in [0.25, 0.3) is 11.3 Å². The molecular weight excluding hydrogens is 222 g/mol. The summed E-state index contributed by atoms with van der Waals surface area (Å²) < 4.78 is 0. The first-order chi connectivity index (χ1) is 7.79. The summed E-state index contributed by atoms with van der Waals surface area (Å²) in [4.78, 5) is 8.62. The molecule has 0 aliphatic rings. The van der Waals surface area contributed by atoms with Crippen molar-refractivity contribution in [2.45, 2.75) is 6.54 Å². The predicted octanol–water partition coefficient (Wildman–Crippen LogP) is 2.52. The quantitative estimate of drug-likeness (QED) is 0.885. The Bertz CT molecular complexity index is 468. The number of hydrogen-bond acceptors (Lipinski definition) is 3. The van der Waals surface area contributed by atoms with Gasteiger partial charge in [-0.05, 0) is 25.2 Å². The summed E-state index contributed by atoms with van der Waals surface area (Å²) in [6.07, 6.45) is 1.77. The number of benzene rings is 1. The summed E-state index contributed by atoms with van der Waals surface area (Å²) in [6, 6.07) is 9.51. The summed E-state index contributed by atoms with van der Waals surface area (Å²) in [7, 11) is 1.87. The Morgan fingerprint density at radius 2 is 1.94 bits per heavy atom. The zero-order valence-electron chi connectivity index (χ0n) is 8.94. The lowest BCUT2D eigenvalue weighted by Crippen LogP contribution is -2.09. The van der Waals surface area contributed by atoms with Crippen molar-refractivity contribution in [3.05, 3.63) is 47.4 Å². The fourth-order valence-corrected chi connectivity index (χ4v) is 1.55. The van der Waals surface area contributed by atoms with Crippen molar-refractivity contribution in [1.29, 1.82) is 0 Å². The Hall–Kier alpha value is -1.45. The normalized spacial score (nSPS) is 10.4. The Morgan fingerprint density at radius 3 is 2.62 bits per heavy atom. The zero-order valence-corrected chi connectivity index (χ0v) is 9.70. The molecule has 4 heteroatoms. The number of halogens is 1. The molecule has 0 unspecified atom stereocenters. The van der Waals surface area contributed by atoms with E-state index in [1.54, 1.807) is 6.20 Å². The zero-order chi connectivity index (χ0) is 11.4. The van der Waals surface area contributed by atoms with Gasteiger partial charge in [0.2, 0.25) is 0 Å². The van der Waals surface area contributed by atoms with Crippen molar-refractivity contribution in [3.63, 3.8) is 0 Å². The maximum Gasteiger partial charge on any atom is 0.142 e. The van der Waals surface area contributed by atoms with E-state index in [0.29, 0.717) is 6.54 Å². The monoisotopic (exact) mass is 233 g/mol. The van der Waals surface area contributed by atoms with Gasteiger partial charge in [0, 0.05) is 16.8 Å². The van der Waals surface area contributed by atoms with Crippen LogP contribution in [0.4, 0.5) is 0 Å². The van der Waals surface area contributed by atoms with E-state index in [1.807, 2.05) is 37.4 Å². The van der Waals surface area contributed by atoms with Crippen molar-refractivity contribution in [2.75, 3.05) is 7.05 Å². The smallest absolute Gasteiger partial charge is 0.142 e. The standard InChI is InChI=1S/C12H12ClN3/c1-14-8-12-15-7-6-11(16-12)9-2-4-10(13)5-3-9/h2-7,14H,8H2,1H3. The molecule has 1 N–H and O–H groups in total. The highest BCUT2D eigenvalue weighted by Crippen LogP contribution is 2.19. The minimum absolute atomic E-state index is 0.668. The molecule has 0 spiro atoms. The molecule has 0 amide bonds. The molecule has 1 aromatic heterocycles. The summed E-state index contributed by atoms with van der Waals surface area (Å²) in [5, 5.41) is 3.76. The number of rotatable bonds is 3. The molecule has 2 rings (SSSR count). The van der Waals surface area contributed by atoms with Crippen molar-refractivity contribution in [1.82, 2.24) is 15.3 Å². The van der Waals surface area contributed by atoms with Gasteiger partial charge in [0.15, 0.2) is 0 Å². The predicted molar refractivity (Wildman–Crippen MR) is 65.2 cm³/mol. The molecule has 0 saturated carbocycles. The van der Waals surface area contributed by atoms with E-state index in [9.17, 15) is 0 Å². The van der Waals surface area contributed by atoms with Crippen molar-refractivity contribution < 1.29 is 0 Å². The van der Waals surface area contributed by atoms with Gasteiger partial charge >= 0.3 is 0 Å². The third-order valence-electron chi connectivity index (χ3n) is 2.18. The summed E-state index contributed by atoms with van der Waals surface area (Å²) in [5.74, 6) is 0.787. The Balaban J connectivity index is 2.32. The van der Waals surface area contributed by atoms with E-state index in [1.165, 1.54) is 0 Å². The molecule has 0 saturated heterocycles. The van der Waals surface area contributed by atoms with Crippen LogP contribution in [0.1, 0.15) is 5.82 Å². The van der Waals surface area contributed by atoms with Gasteiger partial charge in [-0.25, -0.2) is 9.97 Å². The molecule has 0 fully saturated rings. The van der Waals surface area contributed by atoms with E-state index >= 15 is 0 Å². The minimum atomic E-state index is 0.668. The third kappa shape index (κ3) is 2.56. The largest absolute Gasteiger partial charge is 0.313 e. The molecule has 0 atom stereocenters. The lowest BCUT2D eigenvalue weighted by molar-refractivity contribution is 0.759. The fraction of sp³-hybridized carbons (Fsp3) is 0.167. The Kier molecular flexibility index (Phi) is 3.49. The van der Waals surface area contributed by atoms with Gasteiger partial charge in [0.25, 0.3) is 0 Å². The molecule has 3 nitrogen and oxygen atoms in total. The summed E-state index contributed by atoms with van der Waals surface area (Å²) >= 11 is 5.84. The molecule has 82 valence electrons. The van der Waals surface area contributed by atoms with Gasteiger partial charge in [0.05, 0.1) is 12.2 Å². The van der Waals surface area contributed by atoms with E-state index in [-0.39, 0.29) is 0 Å². The van der Waals surface area contributed by atoms with Crippen LogP contribution in [0.2, 0.25) is 5.02 Å². The first-order valence-electron chi connectivity index (χ1n) is 5.02. The van der Waals surface area contributed by atoms with Crippen LogP contribution in [-0.2, 0) is 6.54 Å². The molecule has 16 heavy (non-hydrogen) atoms. The maximum absolute atomic E-state index is 5.84. The second kappa shape index (κ2) is 5.05. The average molecular weight is 234 g/mol. The molecular formula is C12H12ClN3. The molecule has 1 aromatic carbocycles. The molecule has 0 bridgehead atoms. The van der Waals surface area contributed by atoms with Crippen molar-refractivity contribution in [3.8, 4) is 11.3 Å². The van der Waals surface area contributed by atoms with Crippen molar-refractivity contribution >= 4 is 11.6 Å². The van der Waals surface area contributed by atoms with Crippen LogP contribution in [0.15, 0.2) is 36.5 Å².